The summed E-state index contributed by atoms with van der Waals surface area (Å²) in [5.74, 6) is 0. The summed E-state index contributed by atoms with van der Waals surface area (Å²) < 4.78 is 23.3. The predicted molar refractivity (Wildman–Crippen MR) is 260 cm³/mol. The summed E-state index contributed by atoms with van der Waals surface area (Å²) in [4.78, 5) is 0. The SMILES string of the molecule is CC(C)(C)[Si](OC[C@H](O[Si](c1ccccc1)(c1ccccc1)C(C)(C)C)[C@](C)(O)CO[Si](c1ccccc1)(c1ccccc1)C(C)(C)C)(c1ccccc1)c1ccccc1. The maximum Gasteiger partial charge on any atom is 0.261 e. The minimum absolute atomic E-state index is 0.0350. The number of aliphatic hydroxyl groups is 1. The highest BCUT2D eigenvalue weighted by atomic mass is 28.4. The van der Waals surface area contributed by atoms with Crippen LogP contribution in [0, 0.1) is 0 Å². The third-order valence-corrected chi connectivity index (χ3v) is 27.3. The Morgan fingerprint density at radius 3 is 0.850 bits per heavy atom. The predicted octanol–water partition coefficient (Wildman–Crippen LogP) is 8.84. The molecule has 0 aliphatic rings. The van der Waals surface area contributed by atoms with E-state index in [1.807, 2.05) is 6.92 Å². The van der Waals surface area contributed by atoms with Gasteiger partial charge in [0, 0.05) is 0 Å². The van der Waals surface area contributed by atoms with Gasteiger partial charge in [-0.1, -0.05) is 244 Å². The molecular weight excluding hydrogens is 785 g/mol. The molecule has 4 nitrogen and oxygen atoms in total. The van der Waals surface area contributed by atoms with Crippen LogP contribution in [-0.2, 0) is 13.3 Å². The molecule has 2 atom stereocenters. The molecular formula is C53H66O4Si3. The maximum atomic E-state index is 13.5. The molecule has 6 aromatic carbocycles. The molecule has 0 aliphatic carbocycles. The van der Waals surface area contributed by atoms with E-state index in [0.29, 0.717) is 0 Å². The highest BCUT2D eigenvalue weighted by molar-refractivity contribution is 7.01. The Balaban J connectivity index is 1.57. The second-order valence-electron chi connectivity index (χ2n) is 19.6. The molecule has 1 N–H and O–H groups in total. The maximum absolute atomic E-state index is 13.5. The molecule has 0 radical (unpaired) electrons. The monoisotopic (exact) mass is 850 g/mol. The van der Waals surface area contributed by atoms with E-state index in [1.54, 1.807) is 0 Å². The van der Waals surface area contributed by atoms with E-state index in [0.717, 1.165) is 20.7 Å². The van der Waals surface area contributed by atoms with E-state index < -0.39 is 36.7 Å². The Hall–Kier alpha value is -4.19. The van der Waals surface area contributed by atoms with Gasteiger partial charge in [0.05, 0.1) is 19.3 Å². The number of rotatable bonds is 15. The van der Waals surface area contributed by atoms with Gasteiger partial charge in [-0.2, -0.15) is 0 Å². The van der Waals surface area contributed by atoms with Crippen LogP contribution in [0.1, 0.15) is 69.2 Å². The van der Waals surface area contributed by atoms with Crippen LogP contribution in [0.4, 0.5) is 0 Å². The van der Waals surface area contributed by atoms with Crippen LogP contribution in [0.3, 0.4) is 0 Å². The van der Waals surface area contributed by atoms with Crippen molar-refractivity contribution in [2.24, 2.45) is 0 Å². The molecule has 0 spiro atoms. The van der Waals surface area contributed by atoms with Crippen molar-refractivity contribution < 1.29 is 18.4 Å². The van der Waals surface area contributed by atoms with Gasteiger partial charge in [-0.3, -0.25) is 0 Å². The molecule has 0 saturated carbocycles. The highest BCUT2D eigenvalue weighted by Crippen LogP contribution is 2.42. The summed E-state index contributed by atoms with van der Waals surface area (Å²) in [6.07, 6.45) is -0.802. The second kappa shape index (κ2) is 18.0. The van der Waals surface area contributed by atoms with Gasteiger partial charge in [-0.15, -0.1) is 0 Å². The van der Waals surface area contributed by atoms with Gasteiger partial charge in [0.15, 0.2) is 0 Å². The molecule has 0 fully saturated rings. The lowest BCUT2D eigenvalue weighted by molar-refractivity contribution is -0.0949. The summed E-state index contributed by atoms with van der Waals surface area (Å²) in [6.45, 7) is 22.6. The Morgan fingerprint density at radius 1 is 0.367 bits per heavy atom. The molecule has 0 aliphatic heterocycles. The first-order valence-electron chi connectivity index (χ1n) is 21.4. The van der Waals surface area contributed by atoms with Crippen molar-refractivity contribution in [1.29, 1.82) is 0 Å². The lowest BCUT2D eigenvalue weighted by Gasteiger charge is -2.50. The van der Waals surface area contributed by atoms with Crippen molar-refractivity contribution in [2.45, 2.75) is 96.1 Å². The molecule has 6 rings (SSSR count). The first kappa shape index (κ1) is 45.3. The van der Waals surface area contributed by atoms with Crippen LogP contribution in [0.25, 0.3) is 0 Å². The van der Waals surface area contributed by atoms with Crippen LogP contribution in [0.2, 0.25) is 15.1 Å². The van der Waals surface area contributed by atoms with Gasteiger partial charge in [-0.05, 0) is 53.2 Å². The Bertz CT molecular complexity index is 2100. The van der Waals surface area contributed by atoms with E-state index in [1.165, 1.54) is 10.4 Å². The van der Waals surface area contributed by atoms with E-state index in [4.69, 9.17) is 13.3 Å². The smallest absolute Gasteiger partial charge is 0.261 e. The van der Waals surface area contributed by atoms with Crippen molar-refractivity contribution >= 4 is 56.1 Å². The standard InChI is InChI=1S/C53H66O4Si3/c1-50(2,3)58(43-29-17-11-18-30-43,44-31-19-12-20-32-44)55-41-49(57-60(52(7,8)9,47-37-25-15-26-38-47)48-39-27-16-28-40-48)53(10,54)42-56-59(51(4,5)6,45-33-21-13-22-34-45)46-35-23-14-24-36-46/h11-40,49,54H,41-42H2,1-10H3/t49-,53+/m0/s1. The van der Waals surface area contributed by atoms with Crippen LogP contribution in [0.5, 0.6) is 0 Å². The Morgan fingerprint density at radius 2 is 0.600 bits per heavy atom. The van der Waals surface area contributed by atoms with Crippen molar-refractivity contribution in [3.05, 3.63) is 182 Å². The lowest BCUT2D eigenvalue weighted by Crippen LogP contribution is -2.72. The zero-order chi connectivity index (χ0) is 43.3. The fourth-order valence-electron chi connectivity index (χ4n) is 9.32. The van der Waals surface area contributed by atoms with Crippen LogP contribution >= 0.6 is 0 Å². The van der Waals surface area contributed by atoms with Crippen molar-refractivity contribution in [3.63, 3.8) is 0 Å². The van der Waals surface area contributed by atoms with Gasteiger partial charge in [0.2, 0.25) is 0 Å². The number of hydrogen-bond donors (Lipinski definition) is 1. The lowest BCUT2D eigenvalue weighted by atomic mass is 10.0. The molecule has 0 amide bonds. The molecule has 0 bridgehead atoms. The fourth-order valence-corrected chi connectivity index (χ4v) is 23.3. The molecule has 60 heavy (non-hydrogen) atoms. The van der Waals surface area contributed by atoms with Crippen molar-refractivity contribution in [1.82, 2.24) is 0 Å². The molecule has 0 heterocycles. The van der Waals surface area contributed by atoms with Crippen LogP contribution < -0.4 is 31.1 Å². The zero-order valence-corrected chi connectivity index (χ0v) is 40.5. The normalized spacial score (nSPS) is 14.7. The molecule has 6 aromatic rings. The topological polar surface area (TPSA) is 47.9 Å². The highest BCUT2D eigenvalue weighted by Gasteiger charge is 2.57. The summed E-state index contributed by atoms with van der Waals surface area (Å²) in [7, 11) is -9.36. The molecule has 7 heteroatoms. The Kier molecular flexibility index (Phi) is 13.6. The number of benzene rings is 6. The van der Waals surface area contributed by atoms with Crippen LogP contribution in [-0.4, -0.2) is 55.0 Å². The van der Waals surface area contributed by atoms with E-state index in [2.05, 4.69) is 244 Å². The third kappa shape index (κ3) is 8.77. The van der Waals surface area contributed by atoms with Gasteiger partial charge in [-0.25, -0.2) is 0 Å². The fraction of sp³-hybridized carbons (Fsp3) is 0.321. The second-order valence-corrected chi connectivity index (χ2v) is 32.4. The number of hydrogen-bond acceptors (Lipinski definition) is 4. The molecule has 314 valence electrons. The van der Waals surface area contributed by atoms with Gasteiger partial charge >= 0.3 is 0 Å². The minimum atomic E-state index is -3.23. The summed E-state index contributed by atoms with van der Waals surface area (Å²) >= 11 is 0. The third-order valence-electron chi connectivity index (χ3n) is 12.3. The summed E-state index contributed by atoms with van der Waals surface area (Å²) in [6, 6.07) is 64.1. The summed E-state index contributed by atoms with van der Waals surface area (Å²) in [5, 5.41) is 19.5. The minimum Gasteiger partial charge on any atom is -0.405 e. The van der Waals surface area contributed by atoms with E-state index in [-0.39, 0.29) is 28.3 Å². The largest absolute Gasteiger partial charge is 0.405 e. The van der Waals surface area contributed by atoms with E-state index in [9.17, 15) is 5.11 Å². The average Bonchev–Trinajstić information content (AvgIpc) is 3.23. The first-order valence-corrected chi connectivity index (χ1v) is 27.1. The first-order chi connectivity index (χ1) is 28.4. The van der Waals surface area contributed by atoms with Gasteiger partial charge in [0.1, 0.15) is 5.60 Å². The van der Waals surface area contributed by atoms with E-state index >= 15 is 0 Å². The summed E-state index contributed by atoms with van der Waals surface area (Å²) in [5.41, 5.74) is -1.51. The van der Waals surface area contributed by atoms with Gasteiger partial charge < -0.3 is 18.4 Å². The molecule has 0 saturated heterocycles. The van der Waals surface area contributed by atoms with Crippen molar-refractivity contribution in [3.8, 4) is 0 Å². The molecule has 0 unspecified atom stereocenters. The van der Waals surface area contributed by atoms with Gasteiger partial charge in [0.25, 0.3) is 25.0 Å². The Labute approximate surface area is 364 Å². The quantitative estimate of drug-likeness (QED) is 0.105. The molecule has 0 aromatic heterocycles. The zero-order valence-electron chi connectivity index (χ0n) is 37.5. The average molecular weight is 851 g/mol. The van der Waals surface area contributed by atoms with Crippen molar-refractivity contribution in [2.75, 3.05) is 13.2 Å². The van der Waals surface area contributed by atoms with Crippen LogP contribution in [0.15, 0.2) is 182 Å².